The van der Waals surface area contributed by atoms with Gasteiger partial charge >= 0.3 is 0 Å². The summed E-state index contributed by atoms with van der Waals surface area (Å²) in [6.45, 7) is 3.59. The third kappa shape index (κ3) is 4.36. The van der Waals surface area contributed by atoms with Gasteiger partial charge in [0, 0.05) is 36.1 Å². The highest BCUT2D eigenvalue weighted by atomic mass is 79.9. The predicted molar refractivity (Wildman–Crippen MR) is 103 cm³/mol. The fraction of sp³-hybridized carbons (Fsp3) is 0.400. The minimum absolute atomic E-state index is 0.0304. The normalized spacial score (nSPS) is 15.1. The van der Waals surface area contributed by atoms with Gasteiger partial charge in [-0.1, -0.05) is 15.9 Å². The van der Waals surface area contributed by atoms with Crippen LogP contribution >= 0.6 is 15.9 Å². The number of rotatable bonds is 4. The van der Waals surface area contributed by atoms with Crippen LogP contribution in [0.25, 0.3) is 0 Å². The standard InChI is InChI=1S/C20H23BrN2O3/c1-14-3-8-18(26-14)13-22(2)19(24)16-9-11-23(12-10-16)20(25)15-4-6-17(21)7-5-15/h3-8,16H,9-13H2,1-2H3. The second-order valence-corrected chi connectivity index (χ2v) is 7.70. The summed E-state index contributed by atoms with van der Waals surface area (Å²) in [6.07, 6.45) is 1.39. The third-order valence-electron chi connectivity index (χ3n) is 4.79. The minimum atomic E-state index is -0.0370. The topological polar surface area (TPSA) is 53.8 Å². The molecule has 5 nitrogen and oxygen atoms in total. The molecule has 0 atom stereocenters. The van der Waals surface area contributed by atoms with Gasteiger partial charge in [0.25, 0.3) is 5.91 Å². The lowest BCUT2D eigenvalue weighted by atomic mass is 9.95. The average molecular weight is 419 g/mol. The minimum Gasteiger partial charge on any atom is -0.464 e. The van der Waals surface area contributed by atoms with Gasteiger partial charge in [-0.3, -0.25) is 9.59 Å². The van der Waals surface area contributed by atoms with E-state index in [0.29, 0.717) is 38.0 Å². The molecule has 2 amide bonds. The lowest BCUT2D eigenvalue weighted by Gasteiger charge is -2.33. The number of piperidine rings is 1. The Morgan fingerprint density at radius 2 is 1.81 bits per heavy atom. The van der Waals surface area contributed by atoms with E-state index in [0.717, 1.165) is 16.0 Å². The van der Waals surface area contributed by atoms with E-state index in [4.69, 9.17) is 4.42 Å². The lowest BCUT2D eigenvalue weighted by molar-refractivity contribution is -0.136. The summed E-state index contributed by atoms with van der Waals surface area (Å²) >= 11 is 3.38. The van der Waals surface area contributed by atoms with Crippen molar-refractivity contribution in [2.24, 2.45) is 5.92 Å². The lowest BCUT2D eigenvalue weighted by Crippen LogP contribution is -2.43. The molecule has 0 aliphatic carbocycles. The Morgan fingerprint density at radius 1 is 1.15 bits per heavy atom. The van der Waals surface area contributed by atoms with Gasteiger partial charge in [0.2, 0.25) is 5.91 Å². The van der Waals surface area contributed by atoms with E-state index in [1.807, 2.05) is 48.2 Å². The molecule has 0 saturated carbocycles. The summed E-state index contributed by atoms with van der Waals surface area (Å²) in [7, 11) is 1.81. The van der Waals surface area contributed by atoms with Crippen molar-refractivity contribution in [2.45, 2.75) is 26.3 Å². The van der Waals surface area contributed by atoms with Gasteiger partial charge in [-0.15, -0.1) is 0 Å². The number of halogens is 1. The van der Waals surface area contributed by atoms with Crippen molar-refractivity contribution in [1.29, 1.82) is 0 Å². The Labute approximate surface area is 162 Å². The van der Waals surface area contributed by atoms with Crippen molar-refractivity contribution >= 4 is 27.7 Å². The maximum Gasteiger partial charge on any atom is 0.253 e. The molecule has 3 rings (SSSR count). The first-order valence-corrected chi connectivity index (χ1v) is 9.58. The summed E-state index contributed by atoms with van der Waals surface area (Å²) < 4.78 is 6.50. The Kier molecular flexibility index (Phi) is 5.81. The molecular formula is C20H23BrN2O3. The van der Waals surface area contributed by atoms with Gasteiger partial charge in [-0.25, -0.2) is 0 Å². The largest absolute Gasteiger partial charge is 0.464 e. The summed E-state index contributed by atoms with van der Waals surface area (Å²) in [4.78, 5) is 28.8. The van der Waals surface area contributed by atoms with Crippen molar-refractivity contribution in [1.82, 2.24) is 9.80 Å². The molecule has 6 heteroatoms. The molecule has 2 heterocycles. The molecule has 0 unspecified atom stereocenters. The van der Waals surface area contributed by atoms with E-state index in [1.165, 1.54) is 0 Å². The van der Waals surface area contributed by atoms with Crippen molar-refractivity contribution in [2.75, 3.05) is 20.1 Å². The van der Waals surface area contributed by atoms with E-state index in [9.17, 15) is 9.59 Å². The number of carbonyl (C=O) groups is 2. The van der Waals surface area contributed by atoms with Crippen LogP contribution in [0.5, 0.6) is 0 Å². The quantitative estimate of drug-likeness (QED) is 0.757. The molecule has 26 heavy (non-hydrogen) atoms. The molecule has 0 N–H and O–H groups in total. The first-order chi connectivity index (χ1) is 12.4. The number of hydrogen-bond acceptors (Lipinski definition) is 3. The summed E-state index contributed by atoms with van der Waals surface area (Å²) in [5.74, 6) is 1.75. The van der Waals surface area contributed by atoms with Gasteiger partial charge in [-0.05, 0) is 56.2 Å². The highest BCUT2D eigenvalue weighted by Crippen LogP contribution is 2.22. The van der Waals surface area contributed by atoms with Crippen LogP contribution in [0.2, 0.25) is 0 Å². The highest BCUT2D eigenvalue weighted by Gasteiger charge is 2.29. The van der Waals surface area contributed by atoms with Crippen LogP contribution in [0.4, 0.5) is 0 Å². The van der Waals surface area contributed by atoms with E-state index >= 15 is 0 Å². The summed E-state index contributed by atoms with van der Waals surface area (Å²) in [5.41, 5.74) is 0.684. The SMILES string of the molecule is Cc1ccc(CN(C)C(=O)C2CCN(C(=O)c3ccc(Br)cc3)CC2)o1. The maximum absolute atomic E-state index is 12.7. The Bertz CT molecular complexity index is 777. The molecule has 1 fully saturated rings. The number of carbonyl (C=O) groups excluding carboxylic acids is 2. The van der Waals surface area contributed by atoms with Gasteiger partial charge in [0.15, 0.2) is 0 Å². The molecule has 2 aromatic rings. The van der Waals surface area contributed by atoms with Crippen LogP contribution in [0, 0.1) is 12.8 Å². The molecule has 0 radical (unpaired) electrons. The molecule has 1 aromatic heterocycles. The van der Waals surface area contributed by atoms with Crippen LogP contribution in [0.15, 0.2) is 45.3 Å². The van der Waals surface area contributed by atoms with E-state index in [-0.39, 0.29) is 17.7 Å². The van der Waals surface area contributed by atoms with E-state index < -0.39 is 0 Å². The Morgan fingerprint density at radius 3 is 2.38 bits per heavy atom. The third-order valence-corrected chi connectivity index (χ3v) is 5.32. The number of aryl methyl sites for hydroxylation is 1. The Hall–Kier alpha value is -2.08. The van der Waals surface area contributed by atoms with Crippen LogP contribution in [-0.4, -0.2) is 41.8 Å². The predicted octanol–water partition coefficient (Wildman–Crippen LogP) is 3.86. The molecule has 1 aliphatic rings. The van der Waals surface area contributed by atoms with E-state index in [1.54, 1.807) is 11.9 Å². The molecule has 1 aliphatic heterocycles. The summed E-state index contributed by atoms with van der Waals surface area (Å²) in [5, 5.41) is 0. The monoisotopic (exact) mass is 418 g/mol. The number of nitrogens with zero attached hydrogens (tertiary/aromatic N) is 2. The molecule has 0 bridgehead atoms. The highest BCUT2D eigenvalue weighted by molar-refractivity contribution is 9.10. The van der Waals surface area contributed by atoms with Crippen LogP contribution < -0.4 is 0 Å². The van der Waals surface area contributed by atoms with Crippen molar-refractivity contribution in [3.05, 3.63) is 58.0 Å². The van der Waals surface area contributed by atoms with Crippen LogP contribution in [0.1, 0.15) is 34.7 Å². The van der Waals surface area contributed by atoms with Gasteiger partial charge in [-0.2, -0.15) is 0 Å². The molecule has 1 saturated heterocycles. The number of benzene rings is 1. The second-order valence-electron chi connectivity index (χ2n) is 6.78. The molecular weight excluding hydrogens is 396 g/mol. The zero-order valence-corrected chi connectivity index (χ0v) is 16.7. The number of likely N-dealkylation sites (tertiary alicyclic amines) is 1. The van der Waals surface area contributed by atoms with Crippen molar-refractivity contribution in [3.8, 4) is 0 Å². The fourth-order valence-electron chi connectivity index (χ4n) is 3.30. The zero-order valence-electron chi connectivity index (χ0n) is 15.1. The summed E-state index contributed by atoms with van der Waals surface area (Å²) in [6, 6.07) is 11.2. The number of hydrogen-bond donors (Lipinski definition) is 0. The maximum atomic E-state index is 12.7. The van der Waals surface area contributed by atoms with Crippen LogP contribution in [-0.2, 0) is 11.3 Å². The van der Waals surface area contributed by atoms with Crippen molar-refractivity contribution < 1.29 is 14.0 Å². The average Bonchev–Trinajstić information content (AvgIpc) is 3.06. The van der Waals surface area contributed by atoms with Crippen LogP contribution in [0.3, 0.4) is 0 Å². The smallest absolute Gasteiger partial charge is 0.253 e. The molecule has 0 spiro atoms. The van der Waals surface area contributed by atoms with E-state index in [2.05, 4.69) is 15.9 Å². The second kappa shape index (κ2) is 8.08. The fourth-order valence-corrected chi connectivity index (χ4v) is 3.56. The number of furan rings is 1. The van der Waals surface area contributed by atoms with Crippen molar-refractivity contribution in [3.63, 3.8) is 0 Å². The molecule has 138 valence electrons. The molecule has 1 aromatic carbocycles. The zero-order chi connectivity index (χ0) is 18.7. The first-order valence-electron chi connectivity index (χ1n) is 8.79. The van der Waals surface area contributed by atoms with Gasteiger partial charge in [0.1, 0.15) is 11.5 Å². The first kappa shape index (κ1) is 18.7. The Balaban J connectivity index is 1.53. The number of amides is 2. The van der Waals surface area contributed by atoms with Gasteiger partial charge in [0.05, 0.1) is 6.54 Å². The van der Waals surface area contributed by atoms with Gasteiger partial charge < -0.3 is 14.2 Å².